The summed E-state index contributed by atoms with van der Waals surface area (Å²) in [5, 5.41) is 7.53. The van der Waals surface area contributed by atoms with Crippen LogP contribution < -0.4 is 5.32 Å². The van der Waals surface area contributed by atoms with Gasteiger partial charge in [0, 0.05) is 18.5 Å². The first-order valence-electron chi connectivity index (χ1n) is 5.64. The molecule has 82 valence electrons. The maximum atomic E-state index is 5.36. The fraction of sp³-hybridized carbons (Fsp3) is 0.308. The van der Waals surface area contributed by atoms with Crippen LogP contribution >= 0.6 is 0 Å². The zero-order chi connectivity index (χ0) is 11.0. The maximum absolute atomic E-state index is 5.36. The Hall–Kier alpha value is -1.77. The monoisotopic (exact) mass is 214 g/mol. The average molecular weight is 214 g/mol. The number of nitrogens with one attached hydrogen (secondary N) is 1. The van der Waals surface area contributed by atoms with Crippen LogP contribution in [0.3, 0.4) is 0 Å². The lowest BCUT2D eigenvalue weighted by atomic mass is 10.1. The molecule has 1 aromatic carbocycles. The van der Waals surface area contributed by atoms with Gasteiger partial charge in [0.2, 0.25) is 0 Å². The Balaban J connectivity index is 2.06. The van der Waals surface area contributed by atoms with E-state index in [1.165, 1.54) is 5.56 Å². The van der Waals surface area contributed by atoms with E-state index in [1.807, 2.05) is 0 Å². The summed E-state index contributed by atoms with van der Waals surface area (Å²) in [6.07, 6.45) is 2.11. The maximum Gasteiger partial charge on any atom is 0.160 e. The van der Waals surface area contributed by atoms with Crippen LogP contribution in [0, 0.1) is 6.92 Å². The van der Waals surface area contributed by atoms with E-state index in [1.54, 1.807) is 0 Å². The fourth-order valence-corrected chi connectivity index (χ4v) is 2.05. The van der Waals surface area contributed by atoms with E-state index in [-0.39, 0.29) is 0 Å². The SMILES string of the molecule is Cc1ccc(-c2noc3c2NCCC3)cc1. The number of anilines is 1. The predicted molar refractivity (Wildman–Crippen MR) is 63.5 cm³/mol. The van der Waals surface area contributed by atoms with Gasteiger partial charge in [0.15, 0.2) is 5.76 Å². The largest absolute Gasteiger partial charge is 0.380 e. The molecule has 3 rings (SSSR count). The number of hydrogen-bond donors (Lipinski definition) is 1. The smallest absolute Gasteiger partial charge is 0.160 e. The van der Waals surface area contributed by atoms with Gasteiger partial charge in [-0.15, -0.1) is 0 Å². The number of rotatable bonds is 1. The Bertz CT molecular complexity index is 499. The summed E-state index contributed by atoms with van der Waals surface area (Å²) >= 11 is 0. The fourth-order valence-electron chi connectivity index (χ4n) is 2.05. The topological polar surface area (TPSA) is 38.1 Å². The molecule has 0 aliphatic carbocycles. The molecule has 0 unspecified atom stereocenters. The number of hydrogen-bond acceptors (Lipinski definition) is 3. The molecule has 3 heteroatoms. The van der Waals surface area contributed by atoms with Crippen molar-refractivity contribution in [3.05, 3.63) is 35.6 Å². The van der Waals surface area contributed by atoms with Gasteiger partial charge >= 0.3 is 0 Å². The Morgan fingerprint density at radius 1 is 1.25 bits per heavy atom. The third kappa shape index (κ3) is 1.48. The molecule has 2 heterocycles. The van der Waals surface area contributed by atoms with Crippen LogP contribution in [0.5, 0.6) is 0 Å². The normalized spacial score (nSPS) is 14.3. The number of aromatic nitrogens is 1. The van der Waals surface area contributed by atoms with E-state index in [2.05, 4.69) is 41.7 Å². The standard InChI is InChI=1S/C13H14N2O/c1-9-4-6-10(7-5-9)12-13-11(16-15-12)3-2-8-14-13/h4-7,14H,2-3,8H2,1H3. The van der Waals surface area contributed by atoms with Crippen molar-refractivity contribution in [2.45, 2.75) is 19.8 Å². The zero-order valence-electron chi connectivity index (χ0n) is 9.29. The number of fused-ring (bicyclic) bond motifs is 1. The highest BCUT2D eigenvalue weighted by molar-refractivity contribution is 5.76. The van der Waals surface area contributed by atoms with Crippen LogP contribution in [-0.2, 0) is 6.42 Å². The van der Waals surface area contributed by atoms with E-state index < -0.39 is 0 Å². The molecule has 0 fully saturated rings. The summed E-state index contributed by atoms with van der Waals surface area (Å²) in [4.78, 5) is 0. The first kappa shape index (κ1) is 9.46. The second-order valence-electron chi connectivity index (χ2n) is 4.23. The highest BCUT2D eigenvalue weighted by atomic mass is 16.5. The quantitative estimate of drug-likeness (QED) is 0.793. The molecule has 2 aromatic rings. The molecule has 0 amide bonds. The van der Waals surface area contributed by atoms with Gasteiger partial charge in [-0.25, -0.2) is 0 Å². The molecule has 0 bridgehead atoms. The molecule has 1 aliphatic heterocycles. The summed E-state index contributed by atoms with van der Waals surface area (Å²) in [5.41, 5.74) is 4.39. The molecule has 1 aromatic heterocycles. The molecular weight excluding hydrogens is 200 g/mol. The molecule has 0 atom stereocenters. The first-order valence-corrected chi connectivity index (χ1v) is 5.64. The van der Waals surface area contributed by atoms with Crippen LogP contribution in [0.15, 0.2) is 28.8 Å². The van der Waals surface area contributed by atoms with Gasteiger partial charge in [-0.3, -0.25) is 0 Å². The summed E-state index contributed by atoms with van der Waals surface area (Å²) in [6, 6.07) is 8.37. The Kier molecular flexibility index (Phi) is 2.17. The molecule has 1 aliphatic rings. The summed E-state index contributed by atoms with van der Waals surface area (Å²) < 4.78 is 5.36. The molecule has 3 nitrogen and oxygen atoms in total. The number of nitrogens with zero attached hydrogens (tertiary/aromatic N) is 1. The molecule has 0 saturated heterocycles. The molecule has 0 radical (unpaired) electrons. The van der Waals surface area contributed by atoms with Crippen LogP contribution in [0.4, 0.5) is 5.69 Å². The molecular formula is C13H14N2O. The van der Waals surface area contributed by atoms with Crippen molar-refractivity contribution in [1.29, 1.82) is 0 Å². The van der Waals surface area contributed by atoms with Crippen LogP contribution in [0.25, 0.3) is 11.3 Å². The lowest BCUT2D eigenvalue weighted by Crippen LogP contribution is -2.10. The van der Waals surface area contributed by atoms with E-state index in [4.69, 9.17) is 4.52 Å². The third-order valence-electron chi connectivity index (χ3n) is 2.97. The van der Waals surface area contributed by atoms with Gasteiger partial charge in [0.05, 0.1) is 0 Å². The second-order valence-corrected chi connectivity index (χ2v) is 4.23. The van der Waals surface area contributed by atoms with Gasteiger partial charge in [0.1, 0.15) is 11.4 Å². The second kappa shape index (κ2) is 3.67. The van der Waals surface area contributed by atoms with Crippen LogP contribution in [0.2, 0.25) is 0 Å². The molecule has 1 N–H and O–H groups in total. The third-order valence-corrected chi connectivity index (χ3v) is 2.97. The lowest BCUT2D eigenvalue weighted by Gasteiger charge is -2.12. The minimum Gasteiger partial charge on any atom is -0.380 e. The van der Waals surface area contributed by atoms with Crippen LogP contribution in [0.1, 0.15) is 17.7 Å². The van der Waals surface area contributed by atoms with Gasteiger partial charge < -0.3 is 9.84 Å². The van der Waals surface area contributed by atoms with Crippen molar-refractivity contribution < 1.29 is 4.52 Å². The summed E-state index contributed by atoms with van der Waals surface area (Å²) in [5.74, 6) is 0.988. The summed E-state index contributed by atoms with van der Waals surface area (Å²) in [6.45, 7) is 3.09. The Labute approximate surface area is 94.5 Å². The van der Waals surface area contributed by atoms with E-state index >= 15 is 0 Å². The zero-order valence-corrected chi connectivity index (χ0v) is 9.29. The van der Waals surface area contributed by atoms with E-state index in [0.717, 1.165) is 42.1 Å². The number of benzene rings is 1. The minimum atomic E-state index is 0.940. The Morgan fingerprint density at radius 2 is 2.06 bits per heavy atom. The highest BCUT2D eigenvalue weighted by Crippen LogP contribution is 2.33. The highest BCUT2D eigenvalue weighted by Gasteiger charge is 2.19. The predicted octanol–water partition coefficient (Wildman–Crippen LogP) is 3.01. The van der Waals surface area contributed by atoms with Crippen molar-refractivity contribution in [3.8, 4) is 11.3 Å². The molecule has 0 spiro atoms. The number of aryl methyl sites for hydroxylation is 2. The molecule has 16 heavy (non-hydrogen) atoms. The van der Waals surface area contributed by atoms with Gasteiger partial charge in [-0.1, -0.05) is 35.0 Å². The minimum absolute atomic E-state index is 0.940. The van der Waals surface area contributed by atoms with Crippen LogP contribution in [-0.4, -0.2) is 11.7 Å². The lowest BCUT2D eigenvalue weighted by molar-refractivity contribution is 0.382. The average Bonchev–Trinajstić information content (AvgIpc) is 2.74. The van der Waals surface area contributed by atoms with E-state index in [0.29, 0.717) is 0 Å². The van der Waals surface area contributed by atoms with Crippen molar-refractivity contribution in [1.82, 2.24) is 5.16 Å². The van der Waals surface area contributed by atoms with Crippen molar-refractivity contribution in [2.24, 2.45) is 0 Å². The first-order chi connectivity index (χ1) is 7.84. The van der Waals surface area contributed by atoms with Gasteiger partial charge in [-0.05, 0) is 13.3 Å². The van der Waals surface area contributed by atoms with E-state index in [9.17, 15) is 0 Å². The molecule has 0 saturated carbocycles. The van der Waals surface area contributed by atoms with Crippen molar-refractivity contribution >= 4 is 5.69 Å². The van der Waals surface area contributed by atoms with Crippen molar-refractivity contribution in [3.63, 3.8) is 0 Å². The van der Waals surface area contributed by atoms with Crippen molar-refractivity contribution in [2.75, 3.05) is 11.9 Å². The van der Waals surface area contributed by atoms with Gasteiger partial charge in [-0.2, -0.15) is 0 Å². The summed E-state index contributed by atoms with van der Waals surface area (Å²) in [7, 11) is 0. The van der Waals surface area contributed by atoms with Gasteiger partial charge in [0.25, 0.3) is 0 Å². The Morgan fingerprint density at radius 3 is 2.88 bits per heavy atom.